The first-order chi connectivity index (χ1) is 7.24. The lowest BCUT2D eigenvalue weighted by atomic mass is 10.2. The summed E-state index contributed by atoms with van der Waals surface area (Å²) >= 11 is 3.39. The second-order valence-electron chi connectivity index (χ2n) is 3.66. The van der Waals surface area contributed by atoms with Gasteiger partial charge in [-0.1, -0.05) is 35.7 Å². The van der Waals surface area contributed by atoms with Gasteiger partial charge in [0.15, 0.2) is 0 Å². The van der Waals surface area contributed by atoms with E-state index in [-0.39, 0.29) is 0 Å². The fourth-order valence-corrected chi connectivity index (χ4v) is 1.83. The number of unbranched alkanes of at least 4 members (excludes halogenated alkanes) is 2. The van der Waals surface area contributed by atoms with Crippen LogP contribution in [0, 0.1) is 0 Å². The zero-order valence-electron chi connectivity index (χ0n) is 9.09. The Hall–Kier alpha value is -0.540. The fourth-order valence-electron chi connectivity index (χ4n) is 1.42. The summed E-state index contributed by atoms with van der Waals surface area (Å²) in [5.41, 5.74) is 0.945. The molecule has 0 saturated carbocycles. The molecule has 2 N–H and O–H groups in total. The van der Waals surface area contributed by atoms with E-state index >= 15 is 0 Å². The molecule has 0 spiro atoms. The molecule has 0 fully saturated rings. The molecule has 0 aliphatic rings. The Morgan fingerprint density at radius 2 is 2.13 bits per heavy atom. The van der Waals surface area contributed by atoms with E-state index in [1.54, 1.807) is 6.07 Å². The zero-order valence-corrected chi connectivity index (χ0v) is 10.7. The van der Waals surface area contributed by atoms with Crippen LogP contribution in [0.4, 0.5) is 0 Å². The average molecular weight is 272 g/mol. The molecule has 0 unspecified atom stereocenters. The Morgan fingerprint density at radius 1 is 1.33 bits per heavy atom. The first-order valence-corrected chi connectivity index (χ1v) is 6.21. The number of hydrogen-bond acceptors (Lipinski definition) is 2. The number of nitrogens with one attached hydrogen (secondary N) is 1. The average Bonchev–Trinajstić information content (AvgIpc) is 2.23. The van der Waals surface area contributed by atoms with E-state index in [4.69, 9.17) is 0 Å². The molecule has 0 radical (unpaired) electrons. The lowest BCUT2D eigenvalue weighted by molar-refractivity contribution is 0.463. The molecule has 3 heteroatoms. The lowest BCUT2D eigenvalue weighted by Crippen LogP contribution is -2.14. The summed E-state index contributed by atoms with van der Waals surface area (Å²) in [4.78, 5) is 0. The van der Waals surface area contributed by atoms with E-state index in [0.29, 0.717) is 5.75 Å². The summed E-state index contributed by atoms with van der Waals surface area (Å²) in [5.74, 6) is 0.362. The molecule has 0 amide bonds. The van der Waals surface area contributed by atoms with Crippen molar-refractivity contribution >= 4 is 15.9 Å². The molecular weight excluding hydrogens is 254 g/mol. The van der Waals surface area contributed by atoms with Gasteiger partial charge in [-0.25, -0.2) is 0 Å². The Kier molecular flexibility index (Phi) is 5.73. The van der Waals surface area contributed by atoms with Crippen molar-refractivity contribution < 1.29 is 5.11 Å². The highest BCUT2D eigenvalue weighted by molar-refractivity contribution is 9.10. The highest BCUT2D eigenvalue weighted by Crippen LogP contribution is 2.21. The van der Waals surface area contributed by atoms with Crippen LogP contribution in [0.3, 0.4) is 0 Å². The van der Waals surface area contributed by atoms with Gasteiger partial charge in [0.2, 0.25) is 0 Å². The Morgan fingerprint density at radius 3 is 2.87 bits per heavy atom. The first kappa shape index (κ1) is 12.5. The van der Waals surface area contributed by atoms with Gasteiger partial charge < -0.3 is 10.4 Å². The number of aromatic hydroxyl groups is 1. The molecule has 15 heavy (non-hydrogen) atoms. The van der Waals surface area contributed by atoms with E-state index in [9.17, 15) is 5.11 Å². The van der Waals surface area contributed by atoms with Gasteiger partial charge in [0.05, 0.1) is 0 Å². The predicted octanol–water partition coefficient (Wildman–Crippen LogP) is 3.43. The fraction of sp³-hybridized carbons (Fsp3) is 0.500. The van der Waals surface area contributed by atoms with E-state index in [0.717, 1.165) is 23.1 Å². The van der Waals surface area contributed by atoms with Gasteiger partial charge in [-0.2, -0.15) is 0 Å². The maximum absolute atomic E-state index is 9.58. The van der Waals surface area contributed by atoms with Crippen molar-refractivity contribution in [1.82, 2.24) is 5.32 Å². The molecule has 0 aromatic heterocycles. The molecule has 0 heterocycles. The third kappa shape index (κ3) is 4.67. The predicted molar refractivity (Wildman–Crippen MR) is 67.0 cm³/mol. The number of rotatable bonds is 6. The third-order valence-corrected chi connectivity index (χ3v) is 2.81. The molecule has 0 atom stereocenters. The first-order valence-electron chi connectivity index (χ1n) is 5.42. The second-order valence-corrected chi connectivity index (χ2v) is 4.57. The van der Waals surface area contributed by atoms with Gasteiger partial charge in [-0.3, -0.25) is 0 Å². The molecular formula is C12H18BrNO. The van der Waals surface area contributed by atoms with Gasteiger partial charge in [0.25, 0.3) is 0 Å². The SMILES string of the molecule is CCCCCNCc1cc(Br)ccc1O. The van der Waals surface area contributed by atoms with Crippen molar-refractivity contribution in [2.45, 2.75) is 32.7 Å². The Bertz CT molecular complexity index is 302. The Labute approximate surface area is 99.8 Å². The van der Waals surface area contributed by atoms with Gasteiger partial charge in [0, 0.05) is 16.6 Å². The zero-order chi connectivity index (χ0) is 11.1. The number of halogens is 1. The van der Waals surface area contributed by atoms with Crippen LogP contribution in [0.5, 0.6) is 5.75 Å². The van der Waals surface area contributed by atoms with E-state index < -0.39 is 0 Å². The van der Waals surface area contributed by atoms with Crippen LogP contribution in [0.25, 0.3) is 0 Å². The van der Waals surface area contributed by atoms with Crippen LogP contribution in [0.1, 0.15) is 31.7 Å². The summed E-state index contributed by atoms with van der Waals surface area (Å²) in [6.07, 6.45) is 3.70. The van der Waals surface area contributed by atoms with E-state index in [1.807, 2.05) is 12.1 Å². The minimum atomic E-state index is 0.362. The van der Waals surface area contributed by atoms with Crippen LogP contribution >= 0.6 is 15.9 Å². The van der Waals surface area contributed by atoms with Gasteiger partial charge in [-0.15, -0.1) is 0 Å². The largest absolute Gasteiger partial charge is 0.508 e. The quantitative estimate of drug-likeness (QED) is 0.777. The molecule has 1 aromatic rings. The summed E-state index contributed by atoms with van der Waals surface area (Å²) in [7, 11) is 0. The maximum atomic E-state index is 9.58. The van der Waals surface area contributed by atoms with Crippen molar-refractivity contribution in [1.29, 1.82) is 0 Å². The molecule has 1 rings (SSSR count). The van der Waals surface area contributed by atoms with Crippen LogP contribution in [0.2, 0.25) is 0 Å². The molecule has 0 saturated heterocycles. The van der Waals surface area contributed by atoms with Crippen LogP contribution in [-0.2, 0) is 6.54 Å². The summed E-state index contributed by atoms with van der Waals surface area (Å²) < 4.78 is 1.01. The van der Waals surface area contributed by atoms with Gasteiger partial charge in [-0.05, 0) is 31.2 Å². The van der Waals surface area contributed by atoms with Crippen molar-refractivity contribution in [2.75, 3.05) is 6.54 Å². The number of hydrogen-bond donors (Lipinski definition) is 2. The minimum absolute atomic E-state index is 0.362. The second kappa shape index (κ2) is 6.85. The highest BCUT2D eigenvalue weighted by atomic mass is 79.9. The van der Waals surface area contributed by atoms with Crippen LogP contribution in [0.15, 0.2) is 22.7 Å². The lowest BCUT2D eigenvalue weighted by Gasteiger charge is -2.06. The normalized spacial score (nSPS) is 10.5. The van der Waals surface area contributed by atoms with E-state index in [2.05, 4.69) is 28.2 Å². The summed E-state index contributed by atoms with van der Waals surface area (Å²) in [5, 5.41) is 12.9. The van der Waals surface area contributed by atoms with Crippen molar-refractivity contribution in [3.63, 3.8) is 0 Å². The van der Waals surface area contributed by atoms with E-state index in [1.165, 1.54) is 19.3 Å². The summed E-state index contributed by atoms with van der Waals surface area (Å²) in [6, 6.07) is 5.51. The molecule has 1 aromatic carbocycles. The number of phenols is 1. The minimum Gasteiger partial charge on any atom is -0.508 e. The summed E-state index contributed by atoms with van der Waals surface area (Å²) in [6.45, 7) is 3.94. The maximum Gasteiger partial charge on any atom is 0.120 e. The van der Waals surface area contributed by atoms with Crippen molar-refractivity contribution in [3.05, 3.63) is 28.2 Å². The number of phenolic OH excluding ortho intramolecular Hbond substituents is 1. The van der Waals surface area contributed by atoms with Crippen molar-refractivity contribution in [3.8, 4) is 5.75 Å². The molecule has 0 aliphatic heterocycles. The van der Waals surface area contributed by atoms with Gasteiger partial charge in [0.1, 0.15) is 5.75 Å². The third-order valence-electron chi connectivity index (χ3n) is 2.31. The van der Waals surface area contributed by atoms with Crippen molar-refractivity contribution in [2.24, 2.45) is 0 Å². The topological polar surface area (TPSA) is 32.3 Å². The van der Waals surface area contributed by atoms with Crippen LogP contribution in [-0.4, -0.2) is 11.7 Å². The molecule has 2 nitrogen and oxygen atoms in total. The standard InChI is InChI=1S/C12H18BrNO/c1-2-3-4-7-14-9-10-8-11(13)5-6-12(10)15/h5-6,8,14-15H,2-4,7,9H2,1H3. The van der Waals surface area contributed by atoms with Gasteiger partial charge >= 0.3 is 0 Å². The molecule has 0 aliphatic carbocycles. The number of benzene rings is 1. The molecule has 0 bridgehead atoms. The smallest absolute Gasteiger partial charge is 0.120 e. The highest BCUT2D eigenvalue weighted by Gasteiger charge is 2.00. The Balaban J connectivity index is 2.33. The molecule has 84 valence electrons. The monoisotopic (exact) mass is 271 g/mol. The van der Waals surface area contributed by atoms with Crippen LogP contribution < -0.4 is 5.32 Å².